The number of benzene rings is 1. The number of nitrogens with one attached hydrogen (secondary N) is 1. The molecule has 0 radical (unpaired) electrons. The Labute approximate surface area is 155 Å². The van der Waals surface area contributed by atoms with Gasteiger partial charge >= 0.3 is 0 Å². The Hall–Kier alpha value is -1.80. The largest absolute Gasteiger partial charge is 0.497 e. The summed E-state index contributed by atoms with van der Waals surface area (Å²) < 4.78 is 36.4. The lowest BCUT2D eigenvalue weighted by Gasteiger charge is -2.18. The summed E-state index contributed by atoms with van der Waals surface area (Å²) in [5, 5.41) is 0. The van der Waals surface area contributed by atoms with E-state index in [2.05, 4.69) is 11.6 Å². The SMILES string of the molecule is CCCC1CN(C(=O)Cc2ccc(OC)cc2OC)CC1NS(C)(=O)=O. The van der Waals surface area contributed by atoms with Gasteiger partial charge in [0.2, 0.25) is 15.9 Å². The van der Waals surface area contributed by atoms with Crippen molar-refractivity contribution in [3.05, 3.63) is 23.8 Å². The highest BCUT2D eigenvalue weighted by Gasteiger charge is 2.36. The summed E-state index contributed by atoms with van der Waals surface area (Å²) in [4.78, 5) is 14.5. The van der Waals surface area contributed by atoms with E-state index in [1.165, 1.54) is 0 Å². The summed E-state index contributed by atoms with van der Waals surface area (Å²) >= 11 is 0. The molecule has 146 valence electrons. The Bertz CT molecular complexity index is 735. The van der Waals surface area contributed by atoms with Crippen LogP contribution >= 0.6 is 0 Å². The standard InChI is InChI=1S/C18H28N2O5S/c1-5-6-14-11-20(12-16(14)19-26(4,22)23)18(21)9-13-7-8-15(24-2)10-17(13)25-3/h7-8,10,14,16,19H,5-6,9,11-12H2,1-4H3. The van der Waals surface area contributed by atoms with Crippen molar-refractivity contribution in [1.82, 2.24) is 9.62 Å². The van der Waals surface area contributed by atoms with E-state index in [0.717, 1.165) is 24.7 Å². The van der Waals surface area contributed by atoms with Crippen LogP contribution < -0.4 is 14.2 Å². The van der Waals surface area contributed by atoms with Crippen molar-refractivity contribution >= 4 is 15.9 Å². The summed E-state index contributed by atoms with van der Waals surface area (Å²) in [5.41, 5.74) is 0.782. The molecular formula is C18H28N2O5S. The molecule has 1 aliphatic heterocycles. The van der Waals surface area contributed by atoms with Crippen molar-refractivity contribution < 1.29 is 22.7 Å². The van der Waals surface area contributed by atoms with E-state index in [4.69, 9.17) is 9.47 Å². The summed E-state index contributed by atoms with van der Waals surface area (Å²) in [7, 11) is -0.174. The maximum Gasteiger partial charge on any atom is 0.227 e. The van der Waals surface area contributed by atoms with E-state index in [0.29, 0.717) is 24.6 Å². The normalized spacial score (nSPS) is 20.2. The minimum atomic E-state index is -3.31. The molecule has 0 spiro atoms. The molecule has 1 aliphatic rings. The van der Waals surface area contributed by atoms with Crippen LogP contribution in [0.2, 0.25) is 0 Å². The van der Waals surface area contributed by atoms with Crippen LogP contribution in [0.5, 0.6) is 11.5 Å². The van der Waals surface area contributed by atoms with Crippen molar-refractivity contribution in [2.45, 2.75) is 32.2 Å². The first-order valence-corrected chi connectivity index (χ1v) is 10.6. The van der Waals surface area contributed by atoms with Gasteiger partial charge in [-0.1, -0.05) is 19.4 Å². The zero-order chi connectivity index (χ0) is 19.3. The smallest absolute Gasteiger partial charge is 0.227 e. The molecule has 0 aromatic heterocycles. The third kappa shape index (κ3) is 5.35. The molecule has 1 saturated heterocycles. The first-order chi connectivity index (χ1) is 12.3. The number of hydrogen-bond acceptors (Lipinski definition) is 5. The first-order valence-electron chi connectivity index (χ1n) is 8.73. The van der Waals surface area contributed by atoms with E-state index < -0.39 is 10.0 Å². The van der Waals surface area contributed by atoms with Crippen molar-refractivity contribution in [1.29, 1.82) is 0 Å². The molecule has 1 heterocycles. The maximum atomic E-state index is 12.8. The van der Waals surface area contributed by atoms with Gasteiger partial charge in [-0.05, 0) is 18.4 Å². The number of likely N-dealkylation sites (tertiary alicyclic amines) is 1. The van der Waals surface area contributed by atoms with Crippen LogP contribution in [0.1, 0.15) is 25.3 Å². The average Bonchev–Trinajstić information content (AvgIpc) is 2.96. The molecule has 26 heavy (non-hydrogen) atoms. The predicted octanol–water partition coefficient (Wildman–Crippen LogP) is 1.42. The number of ether oxygens (including phenoxy) is 2. The fourth-order valence-electron chi connectivity index (χ4n) is 3.42. The topological polar surface area (TPSA) is 84.9 Å². The number of rotatable bonds is 8. The first kappa shape index (κ1) is 20.5. The highest BCUT2D eigenvalue weighted by Crippen LogP contribution is 2.27. The molecule has 2 atom stereocenters. The van der Waals surface area contributed by atoms with Crippen LogP contribution in [0, 0.1) is 5.92 Å². The van der Waals surface area contributed by atoms with E-state index in [-0.39, 0.29) is 24.3 Å². The molecule has 1 N–H and O–H groups in total. The lowest BCUT2D eigenvalue weighted by molar-refractivity contribution is -0.129. The van der Waals surface area contributed by atoms with E-state index in [1.807, 2.05) is 6.07 Å². The molecule has 8 heteroatoms. The zero-order valence-corrected chi connectivity index (χ0v) is 16.6. The lowest BCUT2D eigenvalue weighted by Crippen LogP contribution is -2.40. The van der Waals surface area contributed by atoms with Gasteiger partial charge in [-0.15, -0.1) is 0 Å². The summed E-state index contributed by atoms with van der Waals surface area (Å²) in [6.07, 6.45) is 3.18. The Morgan fingerprint density at radius 2 is 2.00 bits per heavy atom. The monoisotopic (exact) mass is 384 g/mol. The quantitative estimate of drug-likeness (QED) is 0.733. The average molecular weight is 384 g/mol. The molecule has 1 fully saturated rings. The second kappa shape index (κ2) is 8.73. The lowest BCUT2D eigenvalue weighted by atomic mass is 9.99. The molecule has 1 amide bonds. The van der Waals surface area contributed by atoms with Crippen LogP contribution in [-0.4, -0.2) is 58.8 Å². The number of carbonyl (C=O) groups excluding carboxylic acids is 1. The highest BCUT2D eigenvalue weighted by molar-refractivity contribution is 7.88. The van der Waals surface area contributed by atoms with Crippen LogP contribution in [0.25, 0.3) is 0 Å². The molecule has 7 nitrogen and oxygen atoms in total. The number of methoxy groups -OCH3 is 2. The van der Waals surface area contributed by atoms with Gasteiger partial charge in [0.05, 0.1) is 26.9 Å². The highest BCUT2D eigenvalue weighted by atomic mass is 32.2. The van der Waals surface area contributed by atoms with Crippen LogP contribution in [0.15, 0.2) is 18.2 Å². The van der Waals surface area contributed by atoms with Gasteiger partial charge in [0, 0.05) is 30.8 Å². The predicted molar refractivity (Wildman–Crippen MR) is 100.0 cm³/mol. The fraction of sp³-hybridized carbons (Fsp3) is 0.611. The van der Waals surface area contributed by atoms with E-state index >= 15 is 0 Å². The summed E-state index contributed by atoms with van der Waals surface area (Å²) in [6, 6.07) is 5.14. The summed E-state index contributed by atoms with van der Waals surface area (Å²) in [5.74, 6) is 1.37. The maximum absolute atomic E-state index is 12.8. The van der Waals surface area contributed by atoms with Gasteiger partial charge in [0.1, 0.15) is 11.5 Å². The number of amides is 1. The van der Waals surface area contributed by atoms with Crippen molar-refractivity contribution in [2.24, 2.45) is 5.92 Å². The second-order valence-electron chi connectivity index (χ2n) is 6.70. The number of sulfonamides is 1. The third-order valence-corrected chi connectivity index (χ3v) is 5.39. The minimum Gasteiger partial charge on any atom is -0.497 e. The number of carbonyl (C=O) groups is 1. The van der Waals surface area contributed by atoms with E-state index in [9.17, 15) is 13.2 Å². The second-order valence-corrected chi connectivity index (χ2v) is 8.48. The molecule has 0 saturated carbocycles. The molecular weight excluding hydrogens is 356 g/mol. The molecule has 2 unspecified atom stereocenters. The third-order valence-electron chi connectivity index (χ3n) is 4.65. The van der Waals surface area contributed by atoms with Gasteiger partial charge in [0.25, 0.3) is 0 Å². The van der Waals surface area contributed by atoms with Crippen molar-refractivity contribution in [2.75, 3.05) is 33.6 Å². The molecule has 2 rings (SSSR count). The Morgan fingerprint density at radius 1 is 1.27 bits per heavy atom. The van der Waals surface area contributed by atoms with Gasteiger partial charge in [-0.25, -0.2) is 13.1 Å². The minimum absolute atomic E-state index is 0.0348. The summed E-state index contributed by atoms with van der Waals surface area (Å²) in [6.45, 7) is 3.03. The molecule has 1 aromatic carbocycles. The van der Waals surface area contributed by atoms with Crippen LogP contribution in [0.4, 0.5) is 0 Å². The fourth-order valence-corrected chi connectivity index (χ4v) is 4.24. The Morgan fingerprint density at radius 3 is 2.58 bits per heavy atom. The van der Waals surface area contributed by atoms with Crippen molar-refractivity contribution in [3.63, 3.8) is 0 Å². The molecule has 0 aliphatic carbocycles. The number of hydrogen-bond donors (Lipinski definition) is 1. The van der Waals surface area contributed by atoms with Crippen molar-refractivity contribution in [3.8, 4) is 11.5 Å². The Kier molecular flexibility index (Phi) is 6.88. The van der Waals surface area contributed by atoms with Gasteiger partial charge in [-0.2, -0.15) is 0 Å². The van der Waals surface area contributed by atoms with Gasteiger partial charge < -0.3 is 14.4 Å². The van der Waals surface area contributed by atoms with Crippen LogP contribution in [0.3, 0.4) is 0 Å². The molecule has 0 bridgehead atoms. The Balaban J connectivity index is 2.10. The van der Waals surface area contributed by atoms with Crippen LogP contribution in [-0.2, 0) is 21.2 Å². The molecule has 1 aromatic rings. The zero-order valence-electron chi connectivity index (χ0n) is 15.8. The van der Waals surface area contributed by atoms with Gasteiger partial charge in [0.15, 0.2) is 0 Å². The number of nitrogens with zero attached hydrogens (tertiary/aromatic N) is 1. The van der Waals surface area contributed by atoms with E-state index in [1.54, 1.807) is 31.3 Å². The van der Waals surface area contributed by atoms with Gasteiger partial charge in [-0.3, -0.25) is 4.79 Å².